The summed E-state index contributed by atoms with van der Waals surface area (Å²) in [5.41, 5.74) is 0.692. The van der Waals surface area contributed by atoms with E-state index < -0.39 is 11.9 Å². The monoisotopic (exact) mass is 454 g/mol. The highest BCUT2D eigenvalue weighted by molar-refractivity contribution is 6.35. The van der Waals surface area contributed by atoms with Crippen molar-refractivity contribution >= 4 is 35.0 Å². The lowest BCUT2D eigenvalue weighted by molar-refractivity contribution is -0.142. The zero-order valence-electron chi connectivity index (χ0n) is 17.1. The first-order valence-electron chi connectivity index (χ1n) is 9.57. The molecule has 162 valence electrons. The summed E-state index contributed by atoms with van der Waals surface area (Å²) in [5.74, 6) is -0.466. The number of amides is 2. The number of carbonyl (C=O) groups is 2. The van der Waals surface area contributed by atoms with Crippen molar-refractivity contribution in [3.05, 3.63) is 63.9 Å². The number of hydrogen-bond donors (Lipinski definition) is 1. The van der Waals surface area contributed by atoms with E-state index >= 15 is 0 Å². The van der Waals surface area contributed by atoms with Crippen molar-refractivity contribution in [3.63, 3.8) is 0 Å². The first-order chi connectivity index (χ1) is 14.2. The van der Waals surface area contributed by atoms with E-state index in [2.05, 4.69) is 5.32 Å². The summed E-state index contributed by atoms with van der Waals surface area (Å²) in [6.45, 7) is 5.93. The standard InChI is InChI=1S/C22H25Cl2FN2O3/c1-14(2)11-26-22(29)15(3)27(12-16-4-7-18(25)8-5-16)21(28)13-30-20-9-6-17(23)10-19(20)24/h4-10,14-15H,11-13H2,1-3H3,(H,26,29). The van der Waals surface area contributed by atoms with E-state index in [9.17, 15) is 14.0 Å². The number of halogens is 3. The molecule has 8 heteroatoms. The van der Waals surface area contributed by atoms with E-state index in [-0.39, 0.29) is 35.8 Å². The lowest BCUT2D eigenvalue weighted by atomic mass is 10.1. The summed E-state index contributed by atoms with van der Waals surface area (Å²) in [6, 6.07) is 9.71. The quantitative estimate of drug-likeness (QED) is 0.597. The Morgan fingerprint density at radius 1 is 1.10 bits per heavy atom. The minimum atomic E-state index is -0.745. The van der Waals surface area contributed by atoms with Crippen LogP contribution in [0.25, 0.3) is 0 Å². The minimum absolute atomic E-state index is 0.132. The molecule has 2 aromatic rings. The third kappa shape index (κ3) is 7.18. The fraction of sp³-hybridized carbons (Fsp3) is 0.364. The highest BCUT2D eigenvalue weighted by Gasteiger charge is 2.26. The number of ether oxygens (including phenoxy) is 1. The van der Waals surface area contributed by atoms with E-state index in [4.69, 9.17) is 27.9 Å². The lowest BCUT2D eigenvalue weighted by Gasteiger charge is -2.29. The van der Waals surface area contributed by atoms with Crippen molar-refractivity contribution in [1.82, 2.24) is 10.2 Å². The zero-order chi connectivity index (χ0) is 22.3. The molecule has 1 atom stereocenters. The average molecular weight is 455 g/mol. The molecular formula is C22H25Cl2FN2O3. The maximum absolute atomic E-state index is 13.2. The molecule has 0 saturated carbocycles. The van der Waals surface area contributed by atoms with Crippen LogP contribution >= 0.6 is 23.2 Å². The van der Waals surface area contributed by atoms with Gasteiger partial charge in [0.2, 0.25) is 5.91 Å². The Bertz CT molecular complexity index is 875. The molecule has 2 aromatic carbocycles. The second kappa shape index (κ2) is 11.2. The Kier molecular flexibility index (Phi) is 8.93. The molecule has 2 rings (SSSR count). The zero-order valence-corrected chi connectivity index (χ0v) is 18.6. The van der Waals surface area contributed by atoms with Crippen LogP contribution in [0.15, 0.2) is 42.5 Å². The van der Waals surface area contributed by atoms with Gasteiger partial charge in [0.25, 0.3) is 5.91 Å². The van der Waals surface area contributed by atoms with Crippen LogP contribution in [-0.2, 0) is 16.1 Å². The van der Waals surface area contributed by atoms with Gasteiger partial charge in [-0.2, -0.15) is 0 Å². The third-order valence-corrected chi connectivity index (χ3v) is 4.89. The second-order valence-corrected chi connectivity index (χ2v) is 8.17. The van der Waals surface area contributed by atoms with Crippen LogP contribution < -0.4 is 10.1 Å². The van der Waals surface area contributed by atoms with Crippen LogP contribution in [0.5, 0.6) is 5.75 Å². The Morgan fingerprint density at radius 3 is 2.37 bits per heavy atom. The lowest BCUT2D eigenvalue weighted by Crippen LogP contribution is -2.49. The number of nitrogens with zero attached hydrogens (tertiary/aromatic N) is 1. The molecule has 0 bridgehead atoms. The van der Waals surface area contributed by atoms with Crippen molar-refractivity contribution in [2.45, 2.75) is 33.4 Å². The highest BCUT2D eigenvalue weighted by Crippen LogP contribution is 2.27. The molecule has 0 spiro atoms. The molecule has 0 saturated heterocycles. The molecule has 0 radical (unpaired) electrons. The van der Waals surface area contributed by atoms with Crippen molar-refractivity contribution in [1.29, 1.82) is 0 Å². The van der Waals surface area contributed by atoms with E-state index in [0.717, 1.165) is 0 Å². The van der Waals surface area contributed by atoms with Gasteiger partial charge >= 0.3 is 0 Å². The molecule has 5 nitrogen and oxygen atoms in total. The topological polar surface area (TPSA) is 58.6 Å². The van der Waals surface area contributed by atoms with Gasteiger partial charge in [0.05, 0.1) is 5.02 Å². The molecule has 1 N–H and O–H groups in total. The van der Waals surface area contributed by atoms with Crippen LogP contribution in [0, 0.1) is 11.7 Å². The predicted molar refractivity (Wildman–Crippen MR) is 116 cm³/mol. The first-order valence-corrected chi connectivity index (χ1v) is 10.3. The Balaban J connectivity index is 2.14. The molecule has 30 heavy (non-hydrogen) atoms. The second-order valence-electron chi connectivity index (χ2n) is 7.33. The predicted octanol–water partition coefficient (Wildman–Crippen LogP) is 4.70. The molecule has 0 aliphatic carbocycles. The van der Waals surface area contributed by atoms with E-state index in [1.165, 1.54) is 23.1 Å². The van der Waals surface area contributed by atoms with Crippen molar-refractivity contribution < 1.29 is 18.7 Å². The van der Waals surface area contributed by atoms with Gasteiger partial charge in [-0.25, -0.2) is 4.39 Å². The van der Waals surface area contributed by atoms with Gasteiger partial charge in [-0.05, 0) is 48.7 Å². The Morgan fingerprint density at radius 2 is 1.77 bits per heavy atom. The number of nitrogens with one attached hydrogen (secondary N) is 1. The number of rotatable bonds is 9. The van der Waals surface area contributed by atoms with Crippen molar-refractivity contribution in [3.8, 4) is 5.75 Å². The summed E-state index contributed by atoms with van der Waals surface area (Å²) >= 11 is 12.0. The third-order valence-electron chi connectivity index (χ3n) is 4.36. The van der Waals surface area contributed by atoms with E-state index in [1.54, 1.807) is 31.2 Å². The molecule has 0 fully saturated rings. The summed E-state index contributed by atoms with van der Waals surface area (Å²) in [7, 11) is 0. The number of hydrogen-bond acceptors (Lipinski definition) is 3. The summed E-state index contributed by atoms with van der Waals surface area (Å²) < 4.78 is 18.8. The van der Waals surface area contributed by atoms with Crippen molar-refractivity contribution in [2.24, 2.45) is 5.92 Å². The van der Waals surface area contributed by atoms with E-state index in [0.29, 0.717) is 22.9 Å². The van der Waals surface area contributed by atoms with Crippen LogP contribution in [0.4, 0.5) is 4.39 Å². The van der Waals surface area contributed by atoms with Gasteiger partial charge in [0.1, 0.15) is 17.6 Å². The van der Waals surface area contributed by atoms with E-state index in [1.807, 2.05) is 13.8 Å². The maximum Gasteiger partial charge on any atom is 0.261 e. The molecule has 1 unspecified atom stereocenters. The summed E-state index contributed by atoms with van der Waals surface area (Å²) in [5, 5.41) is 3.56. The van der Waals surface area contributed by atoms with Gasteiger partial charge in [-0.3, -0.25) is 9.59 Å². The minimum Gasteiger partial charge on any atom is -0.482 e. The number of carbonyl (C=O) groups excluding carboxylic acids is 2. The average Bonchev–Trinajstić information content (AvgIpc) is 2.70. The fourth-order valence-electron chi connectivity index (χ4n) is 2.64. The van der Waals surface area contributed by atoms with Gasteiger partial charge in [-0.15, -0.1) is 0 Å². The highest BCUT2D eigenvalue weighted by atomic mass is 35.5. The Labute approximate surface area is 186 Å². The molecule has 2 amide bonds. The number of benzene rings is 2. The fourth-order valence-corrected chi connectivity index (χ4v) is 3.10. The summed E-state index contributed by atoms with van der Waals surface area (Å²) in [4.78, 5) is 26.9. The summed E-state index contributed by atoms with van der Waals surface area (Å²) in [6.07, 6.45) is 0. The molecular weight excluding hydrogens is 430 g/mol. The van der Waals surface area contributed by atoms with Gasteiger partial charge < -0.3 is 15.0 Å². The van der Waals surface area contributed by atoms with Crippen molar-refractivity contribution in [2.75, 3.05) is 13.2 Å². The molecule has 0 aliphatic rings. The normalized spacial score (nSPS) is 11.8. The van der Waals surface area contributed by atoms with Gasteiger partial charge in [0, 0.05) is 18.1 Å². The largest absolute Gasteiger partial charge is 0.482 e. The molecule has 0 aromatic heterocycles. The molecule has 0 aliphatic heterocycles. The maximum atomic E-state index is 13.2. The van der Waals surface area contributed by atoms with Crippen LogP contribution in [0.1, 0.15) is 26.3 Å². The van der Waals surface area contributed by atoms with Crippen LogP contribution in [0.3, 0.4) is 0 Å². The Hall–Kier alpha value is -2.31. The van der Waals surface area contributed by atoms with Gasteiger partial charge in [0.15, 0.2) is 6.61 Å². The molecule has 0 heterocycles. The van der Waals surface area contributed by atoms with Crippen LogP contribution in [-0.4, -0.2) is 35.9 Å². The SMILES string of the molecule is CC(C)CNC(=O)C(C)N(Cc1ccc(F)cc1)C(=O)COc1ccc(Cl)cc1Cl. The first kappa shape index (κ1) is 24.0. The smallest absolute Gasteiger partial charge is 0.261 e. The van der Waals surface area contributed by atoms with Gasteiger partial charge in [-0.1, -0.05) is 49.2 Å². The van der Waals surface area contributed by atoms with Crippen LogP contribution in [0.2, 0.25) is 10.0 Å².